The number of rotatable bonds is 15. The standard InChI is InChI=1S/C36H48FN3O10/c1-24(33(42)46-3)40-32(41)15-14-28-21-30(48-35(44)39-19-16-25-10-12-27(37)13-11-25)22-36(49-28)18-6-8-29(50-36)23-47-34(43)38-20-17-26-7-4-5-9-31(26)45-2/h4-5,7,9-13,24,28-30H,6,8,14-23H2,1-3H3,(H,38,43)(H,39,44)(H,40,41)/t24-,28+,29+,30+,36-/m0/s1. The Labute approximate surface area is 291 Å². The lowest BCUT2D eigenvalue weighted by molar-refractivity contribution is -0.329. The van der Waals surface area contributed by atoms with E-state index >= 15 is 0 Å². The van der Waals surface area contributed by atoms with Gasteiger partial charge < -0.3 is 44.4 Å². The lowest BCUT2D eigenvalue weighted by atomic mass is 9.90. The van der Waals surface area contributed by atoms with Gasteiger partial charge in [0.05, 0.1) is 26.4 Å². The summed E-state index contributed by atoms with van der Waals surface area (Å²) in [5.74, 6) is -1.62. The number of esters is 1. The summed E-state index contributed by atoms with van der Waals surface area (Å²) in [6, 6.07) is 12.8. The number of alkyl carbamates (subject to hydrolysis) is 2. The first-order valence-electron chi connectivity index (χ1n) is 17.0. The van der Waals surface area contributed by atoms with Gasteiger partial charge in [-0.1, -0.05) is 30.3 Å². The number of carbonyl (C=O) groups is 4. The Bertz CT molecular complexity index is 1430. The van der Waals surface area contributed by atoms with Crippen LogP contribution in [0.25, 0.3) is 0 Å². The zero-order valence-corrected chi connectivity index (χ0v) is 28.9. The molecule has 0 aliphatic carbocycles. The summed E-state index contributed by atoms with van der Waals surface area (Å²) in [4.78, 5) is 49.7. The van der Waals surface area contributed by atoms with Gasteiger partial charge in [0.15, 0.2) is 5.79 Å². The van der Waals surface area contributed by atoms with E-state index in [-0.39, 0.29) is 44.1 Å². The first-order chi connectivity index (χ1) is 24.1. The Morgan fingerprint density at radius 1 is 0.960 bits per heavy atom. The van der Waals surface area contributed by atoms with Gasteiger partial charge in [0.25, 0.3) is 0 Å². The van der Waals surface area contributed by atoms with Gasteiger partial charge >= 0.3 is 18.2 Å². The average molecular weight is 702 g/mol. The number of halogens is 1. The lowest BCUT2D eigenvalue weighted by Crippen LogP contribution is -2.54. The fraction of sp³-hybridized carbons (Fsp3) is 0.556. The van der Waals surface area contributed by atoms with Crippen LogP contribution in [0.2, 0.25) is 0 Å². The molecule has 5 atom stereocenters. The average Bonchev–Trinajstić information content (AvgIpc) is 3.10. The van der Waals surface area contributed by atoms with E-state index < -0.39 is 48.3 Å². The van der Waals surface area contributed by atoms with Gasteiger partial charge in [0, 0.05) is 38.8 Å². The highest BCUT2D eigenvalue weighted by Crippen LogP contribution is 2.41. The summed E-state index contributed by atoms with van der Waals surface area (Å²) in [6.07, 6.45) is 1.10. The van der Waals surface area contributed by atoms with Crippen LogP contribution in [0.3, 0.4) is 0 Å². The zero-order valence-electron chi connectivity index (χ0n) is 28.9. The van der Waals surface area contributed by atoms with E-state index in [1.807, 2.05) is 24.3 Å². The van der Waals surface area contributed by atoms with Crippen molar-refractivity contribution < 1.29 is 52.0 Å². The van der Waals surface area contributed by atoms with Gasteiger partial charge in [-0.3, -0.25) is 4.79 Å². The number of nitrogens with one attached hydrogen (secondary N) is 3. The topological polar surface area (TPSA) is 160 Å². The van der Waals surface area contributed by atoms with Crippen molar-refractivity contribution in [1.29, 1.82) is 0 Å². The second kappa shape index (κ2) is 19.1. The van der Waals surface area contributed by atoms with Crippen molar-refractivity contribution in [2.75, 3.05) is 33.9 Å². The highest BCUT2D eigenvalue weighted by atomic mass is 19.1. The van der Waals surface area contributed by atoms with Crippen LogP contribution in [-0.4, -0.2) is 88.1 Å². The smallest absolute Gasteiger partial charge is 0.407 e. The molecule has 0 aromatic heterocycles. The number of para-hydroxylation sites is 1. The molecule has 2 saturated heterocycles. The molecule has 274 valence electrons. The van der Waals surface area contributed by atoms with Crippen LogP contribution in [-0.2, 0) is 46.1 Å². The van der Waals surface area contributed by atoms with E-state index in [4.69, 9.17) is 23.7 Å². The molecule has 2 aromatic carbocycles. The fourth-order valence-corrected chi connectivity index (χ4v) is 6.19. The van der Waals surface area contributed by atoms with Crippen LogP contribution in [0.1, 0.15) is 63.0 Å². The van der Waals surface area contributed by atoms with Crippen molar-refractivity contribution in [3.63, 3.8) is 0 Å². The summed E-state index contributed by atoms with van der Waals surface area (Å²) in [5.41, 5.74) is 1.83. The molecule has 0 saturated carbocycles. The molecule has 0 radical (unpaired) electrons. The highest BCUT2D eigenvalue weighted by Gasteiger charge is 2.47. The summed E-state index contributed by atoms with van der Waals surface area (Å²) >= 11 is 0. The number of benzene rings is 2. The van der Waals surface area contributed by atoms with Gasteiger partial charge in [-0.25, -0.2) is 18.8 Å². The Hall–Kier alpha value is -4.43. The van der Waals surface area contributed by atoms with Gasteiger partial charge in [0.1, 0.15) is 30.3 Å². The van der Waals surface area contributed by atoms with Crippen LogP contribution in [0.4, 0.5) is 14.0 Å². The van der Waals surface area contributed by atoms with E-state index in [9.17, 15) is 23.6 Å². The summed E-state index contributed by atoms with van der Waals surface area (Å²) in [7, 11) is 2.85. The van der Waals surface area contributed by atoms with Crippen molar-refractivity contribution in [2.24, 2.45) is 0 Å². The number of ether oxygens (including phenoxy) is 6. The molecule has 4 rings (SSSR count). The Kier molecular flexibility index (Phi) is 14.7. The van der Waals surface area contributed by atoms with Crippen LogP contribution >= 0.6 is 0 Å². The highest BCUT2D eigenvalue weighted by molar-refractivity contribution is 5.84. The molecule has 0 unspecified atom stereocenters. The number of carbonyl (C=O) groups excluding carboxylic acids is 4. The first-order valence-corrected chi connectivity index (χ1v) is 17.0. The van der Waals surface area contributed by atoms with Crippen molar-refractivity contribution in [1.82, 2.24) is 16.0 Å². The Balaban J connectivity index is 1.31. The molecule has 2 aromatic rings. The SMILES string of the molecule is COC(=O)[C@H](C)NC(=O)CC[C@@H]1C[C@@H](OC(=O)NCCc2ccc(F)cc2)C[C@@]2(CCC[C@H](COC(=O)NCCc3ccccc3OC)O2)O1. The second-order valence-corrected chi connectivity index (χ2v) is 12.5. The molecular formula is C36H48FN3O10. The van der Waals surface area contributed by atoms with E-state index in [2.05, 4.69) is 20.7 Å². The number of methoxy groups -OCH3 is 2. The molecule has 3 N–H and O–H groups in total. The maximum Gasteiger partial charge on any atom is 0.407 e. The van der Waals surface area contributed by atoms with Gasteiger partial charge in [-0.05, 0) is 68.4 Å². The fourth-order valence-electron chi connectivity index (χ4n) is 6.19. The Morgan fingerprint density at radius 2 is 1.68 bits per heavy atom. The number of amides is 3. The monoisotopic (exact) mass is 701 g/mol. The molecule has 0 bridgehead atoms. The zero-order chi connectivity index (χ0) is 35.9. The molecule has 13 nitrogen and oxygen atoms in total. The van der Waals surface area contributed by atoms with Gasteiger partial charge in [-0.15, -0.1) is 0 Å². The molecule has 14 heteroatoms. The molecular weight excluding hydrogens is 653 g/mol. The lowest BCUT2D eigenvalue weighted by Gasteiger charge is -2.47. The summed E-state index contributed by atoms with van der Waals surface area (Å²) in [6.45, 7) is 2.18. The maximum absolute atomic E-state index is 13.2. The molecule has 50 heavy (non-hydrogen) atoms. The van der Waals surface area contributed by atoms with E-state index in [1.165, 1.54) is 26.2 Å². The molecule has 3 amide bonds. The predicted molar refractivity (Wildman–Crippen MR) is 179 cm³/mol. The van der Waals surface area contributed by atoms with Gasteiger partial charge in [-0.2, -0.15) is 0 Å². The predicted octanol–water partition coefficient (Wildman–Crippen LogP) is 4.34. The molecule has 2 aliphatic rings. The summed E-state index contributed by atoms with van der Waals surface area (Å²) in [5, 5.41) is 8.12. The number of hydrogen-bond donors (Lipinski definition) is 3. The maximum atomic E-state index is 13.2. The quantitative estimate of drug-likeness (QED) is 0.180. The number of hydrogen-bond acceptors (Lipinski definition) is 10. The second-order valence-electron chi connectivity index (χ2n) is 12.5. The van der Waals surface area contributed by atoms with Crippen molar-refractivity contribution in [2.45, 2.75) is 94.9 Å². The molecule has 2 aliphatic heterocycles. The van der Waals surface area contributed by atoms with Crippen molar-refractivity contribution in [3.05, 3.63) is 65.5 Å². The minimum absolute atomic E-state index is 0.000510. The Morgan fingerprint density at radius 3 is 2.44 bits per heavy atom. The first kappa shape index (κ1) is 38.4. The van der Waals surface area contributed by atoms with Crippen molar-refractivity contribution >= 4 is 24.1 Å². The molecule has 2 heterocycles. The van der Waals surface area contributed by atoms with Gasteiger partial charge in [0.2, 0.25) is 5.91 Å². The third-order valence-electron chi connectivity index (χ3n) is 8.66. The van der Waals surface area contributed by atoms with E-state index in [0.29, 0.717) is 45.1 Å². The molecule has 1 spiro atoms. The van der Waals surface area contributed by atoms with Crippen LogP contribution in [0, 0.1) is 5.82 Å². The molecule has 2 fully saturated rings. The third-order valence-corrected chi connectivity index (χ3v) is 8.66. The van der Waals surface area contributed by atoms with Crippen LogP contribution in [0.5, 0.6) is 5.75 Å². The minimum Gasteiger partial charge on any atom is -0.496 e. The normalized spacial score (nSPS) is 22.1. The largest absolute Gasteiger partial charge is 0.496 e. The van der Waals surface area contributed by atoms with E-state index in [1.54, 1.807) is 19.2 Å². The van der Waals surface area contributed by atoms with E-state index in [0.717, 1.165) is 16.9 Å². The minimum atomic E-state index is -1.12. The summed E-state index contributed by atoms with van der Waals surface area (Å²) < 4.78 is 47.5. The van der Waals surface area contributed by atoms with Crippen molar-refractivity contribution in [3.8, 4) is 5.75 Å². The van der Waals surface area contributed by atoms with Crippen LogP contribution in [0.15, 0.2) is 48.5 Å². The third kappa shape index (κ3) is 12.2. The van der Waals surface area contributed by atoms with Crippen LogP contribution < -0.4 is 20.7 Å².